The molecule has 0 spiro atoms. The van der Waals surface area contributed by atoms with Crippen molar-refractivity contribution < 1.29 is 19.8 Å². The third-order valence-corrected chi connectivity index (χ3v) is 3.11. The standard InChI is InChI=1S/C14H26O4/c1-12(11-14(17)18)9-7-5-3-2-4-6-8-10-13(15)16/h12H,2-11H2,1H3,(H,15,16)(H,17,18). The van der Waals surface area contributed by atoms with E-state index in [4.69, 9.17) is 10.2 Å². The van der Waals surface area contributed by atoms with E-state index in [1.165, 1.54) is 6.42 Å². The second-order valence-corrected chi connectivity index (χ2v) is 5.11. The van der Waals surface area contributed by atoms with Crippen molar-refractivity contribution in [1.82, 2.24) is 0 Å². The molecule has 4 heteroatoms. The van der Waals surface area contributed by atoms with E-state index in [2.05, 4.69) is 0 Å². The molecule has 0 saturated heterocycles. The molecule has 0 amide bonds. The van der Waals surface area contributed by atoms with Gasteiger partial charge in [0.05, 0.1) is 0 Å². The van der Waals surface area contributed by atoms with Gasteiger partial charge in [0.1, 0.15) is 0 Å². The van der Waals surface area contributed by atoms with Crippen LogP contribution in [-0.4, -0.2) is 22.2 Å². The highest BCUT2D eigenvalue weighted by atomic mass is 16.4. The molecule has 0 aromatic carbocycles. The van der Waals surface area contributed by atoms with E-state index < -0.39 is 11.9 Å². The molecule has 0 aliphatic heterocycles. The first-order valence-electron chi connectivity index (χ1n) is 6.96. The number of carboxylic acids is 2. The monoisotopic (exact) mass is 258 g/mol. The van der Waals surface area contributed by atoms with Gasteiger partial charge in [0.15, 0.2) is 0 Å². The molecule has 0 heterocycles. The zero-order chi connectivity index (χ0) is 13.8. The summed E-state index contributed by atoms with van der Waals surface area (Å²) in [7, 11) is 0. The summed E-state index contributed by atoms with van der Waals surface area (Å²) in [6, 6.07) is 0. The molecule has 0 aliphatic rings. The van der Waals surface area contributed by atoms with Gasteiger partial charge in [-0.25, -0.2) is 0 Å². The van der Waals surface area contributed by atoms with Crippen molar-refractivity contribution in [3.05, 3.63) is 0 Å². The fourth-order valence-corrected chi connectivity index (χ4v) is 2.05. The van der Waals surface area contributed by atoms with E-state index in [1.807, 2.05) is 6.92 Å². The Morgan fingerprint density at radius 2 is 1.33 bits per heavy atom. The van der Waals surface area contributed by atoms with E-state index in [9.17, 15) is 9.59 Å². The Hall–Kier alpha value is -1.06. The van der Waals surface area contributed by atoms with Gasteiger partial charge in [0, 0.05) is 12.8 Å². The summed E-state index contributed by atoms with van der Waals surface area (Å²) in [6.07, 6.45) is 9.03. The molecule has 18 heavy (non-hydrogen) atoms. The summed E-state index contributed by atoms with van der Waals surface area (Å²) >= 11 is 0. The molecule has 0 bridgehead atoms. The van der Waals surface area contributed by atoms with Crippen LogP contribution >= 0.6 is 0 Å². The quantitative estimate of drug-likeness (QED) is 0.523. The van der Waals surface area contributed by atoms with E-state index in [-0.39, 0.29) is 18.8 Å². The van der Waals surface area contributed by atoms with Gasteiger partial charge in [-0.2, -0.15) is 0 Å². The Morgan fingerprint density at radius 1 is 0.833 bits per heavy atom. The molecule has 0 radical (unpaired) electrons. The van der Waals surface area contributed by atoms with Crippen LogP contribution < -0.4 is 0 Å². The number of carboxylic acid groups (broad SMARTS) is 2. The molecule has 106 valence electrons. The molecule has 0 aromatic heterocycles. The number of unbranched alkanes of at least 4 members (excludes halogenated alkanes) is 6. The minimum atomic E-state index is -0.707. The van der Waals surface area contributed by atoms with Crippen LogP contribution in [0.4, 0.5) is 0 Å². The lowest BCUT2D eigenvalue weighted by molar-refractivity contribution is -0.138. The summed E-state index contributed by atoms with van der Waals surface area (Å²) in [5.74, 6) is -1.14. The van der Waals surface area contributed by atoms with Gasteiger partial charge >= 0.3 is 11.9 Å². The van der Waals surface area contributed by atoms with Crippen LogP contribution in [0.25, 0.3) is 0 Å². The zero-order valence-electron chi connectivity index (χ0n) is 11.4. The summed E-state index contributed by atoms with van der Waals surface area (Å²) in [6.45, 7) is 1.99. The van der Waals surface area contributed by atoms with Gasteiger partial charge in [0.25, 0.3) is 0 Å². The Kier molecular flexibility index (Phi) is 10.4. The smallest absolute Gasteiger partial charge is 0.303 e. The fourth-order valence-electron chi connectivity index (χ4n) is 2.05. The lowest BCUT2D eigenvalue weighted by atomic mass is 9.99. The maximum atomic E-state index is 10.5. The Bertz CT molecular complexity index is 238. The molecule has 1 atom stereocenters. The highest BCUT2D eigenvalue weighted by molar-refractivity contribution is 5.67. The van der Waals surface area contributed by atoms with E-state index in [1.54, 1.807) is 0 Å². The normalized spacial score (nSPS) is 12.3. The fraction of sp³-hybridized carbons (Fsp3) is 0.857. The topological polar surface area (TPSA) is 74.6 Å². The predicted octanol–water partition coefficient (Wildman–Crippen LogP) is 3.69. The highest BCUT2D eigenvalue weighted by Gasteiger charge is 2.06. The van der Waals surface area contributed by atoms with Crippen LogP contribution in [0.3, 0.4) is 0 Å². The minimum Gasteiger partial charge on any atom is -0.481 e. The maximum absolute atomic E-state index is 10.5. The van der Waals surface area contributed by atoms with Gasteiger partial charge < -0.3 is 10.2 Å². The lowest BCUT2D eigenvalue weighted by Gasteiger charge is -2.07. The molecule has 0 rings (SSSR count). The molecule has 0 saturated carbocycles. The van der Waals surface area contributed by atoms with Crippen molar-refractivity contribution in [2.75, 3.05) is 0 Å². The number of carbonyl (C=O) groups is 2. The molecule has 1 unspecified atom stereocenters. The minimum absolute atomic E-state index is 0.273. The van der Waals surface area contributed by atoms with Crippen molar-refractivity contribution in [1.29, 1.82) is 0 Å². The molecule has 2 N–H and O–H groups in total. The van der Waals surface area contributed by atoms with Gasteiger partial charge in [-0.1, -0.05) is 51.9 Å². The summed E-state index contributed by atoms with van der Waals surface area (Å²) in [4.78, 5) is 20.7. The first-order chi connectivity index (χ1) is 8.52. The molecule has 4 nitrogen and oxygen atoms in total. The first kappa shape index (κ1) is 16.9. The summed E-state index contributed by atoms with van der Waals surface area (Å²) in [5, 5.41) is 17.1. The predicted molar refractivity (Wildman–Crippen MR) is 70.6 cm³/mol. The average Bonchev–Trinajstić information content (AvgIpc) is 2.25. The van der Waals surface area contributed by atoms with Gasteiger partial charge in [-0.05, 0) is 12.3 Å². The number of hydrogen-bond acceptors (Lipinski definition) is 2. The average molecular weight is 258 g/mol. The third kappa shape index (κ3) is 13.0. The summed E-state index contributed by atoms with van der Waals surface area (Å²) < 4.78 is 0. The van der Waals surface area contributed by atoms with Crippen LogP contribution in [0.15, 0.2) is 0 Å². The molecular formula is C14H26O4. The Morgan fingerprint density at radius 3 is 1.83 bits per heavy atom. The molecular weight excluding hydrogens is 232 g/mol. The van der Waals surface area contributed by atoms with Crippen molar-refractivity contribution in [3.63, 3.8) is 0 Å². The van der Waals surface area contributed by atoms with Crippen molar-refractivity contribution >= 4 is 11.9 Å². The molecule has 0 aliphatic carbocycles. The van der Waals surface area contributed by atoms with Crippen LogP contribution in [0.2, 0.25) is 0 Å². The molecule has 0 fully saturated rings. The van der Waals surface area contributed by atoms with Crippen molar-refractivity contribution in [2.45, 2.75) is 71.1 Å². The maximum Gasteiger partial charge on any atom is 0.303 e. The number of aliphatic carboxylic acids is 2. The van der Waals surface area contributed by atoms with Crippen LogP contribution in [0.1, 0.15) is 71.1 Å². The number of rotatable bonds is 12. The zero-order valence-corrected chi connectivity index (χ0v) is 11.4. The Balaban J connectivity index is 3.16. The van der Waals surface area contributed by atoms with E-state index in [0.717, 1.165) is 44.9 Å². The summed E-state index contributed by atoms with van der Waals surface area (Å²) in [5.41, 5.74) is 0. The highest BCUT2D eigenvalue weighted by Crippen LogP contribution is 2.15. The lowest BCUT2D eigenvalue weighted by Crippen LogP contribution is -2.03. The van der Waals surface area contributed by atoms with Crippen LogP contribution in [0, 0.1) is 5.92 Å². The van der Waals surface area contributed by atoms with E-state index >= 15 is 0 Å². The van der Waals surface area contributed by atoms with Crippen molar-refractivity contribution in [2.24, 2.45) is 5.92 Å². The van der Waals surface area contributed by atoms with Gasteiger partial charge in [-0.15, -0.1) is 0 Å². The van der Waals surface area contributed by atoms with Crippen molar-refractivity contribution in [3.8, 4) is 0 Å². The van der Waals surface area contributed by atoms with E-state index in [0.29, 0.717) is 0 Å². The molecule has 0 aromatic rings. The number of hydrogen-bond donors (Lipinski definition) is 2. The Labute approximate surface area is 109 Å². The third-order valence-electron chi connectivity index (χ3n) is 3.11. The van der Waals surface area contributed by atoms with Crippen LogP contribution in [-0.2, 0) is 9.59 Å². The second-order valence-electron chi connectivity index (χ2n) is 5.11. The van der Waals surface area contributed by atoms with Crippen LogP contribution in [0.5, 0.6) is 0 Å². The van der Waals surface area contributed by atoms with Gasteiger partial charge in [0.2, 0.25) is 0 Å². The first-order valence-corrected chi connectivity index (χ1v) is 6.96. The SMILES string of the molecule is CC(CCCCCCCCCC(=O)O)CC(=O)O. The largest absolute Gasteiger partial charge is 0.481 e. The van der Waals surface area contributed by atoms with Gasteiger partial charge in [-0.3, -0.25) is 9.59 Å². The second kappa shape index (κ2) is 11.1.